The first-order valence-corrected chi connectivity index (χ1v) is 5.90. The summed E-state index contributed by atoms with van der Waals surface area (Å²) in [5.74, 6) is 0. The Kier molecular flexibility index (Phi) is 3.45. The van der Waals surface area contributed by atoms with Crippen LogP contribution >= 0.6 is 15.9 Å². The van der Waals surface area contributed by atoms with E-state index in [1.807, 2.05) is 31.4 Å². The van der Waals surface area contributed by atoms with E-state index in [-0.39, 0.29) is 0 Å². The Morgan fingerprint density at radius 3 is 2.88 bits per heavy atom. The first-order chi connectivity index (χ1) is 8.19. The SMILES string of the molecule is Cn1ccc(CNc2ccc(C#N)c(Br)c2)n1. The second kappa shape index (κ2) is 5.02. The van der Waals surface area contributed by atoms with Gasteiger partial charge in [0.05, 0.1) is 17.8 Å². The van der Waals surface area contributed by atoms with Gasteiger partial charge in [0.15, 0.2) is 0 Å². The van der Waals surface area contributed by atoms with Crippen LogP contribution in [0.1, 0.15) is 11.3 Å². The van der Waals surface area contributed by atoms with E-state index in [1.165, 1.54) is 0 Å². The molecule has 0 atom stereocenters. The summed E-state index contributed by atoms with van der Waals surface area (Å²) in [5, 5.41) is 16.3. The fourth-order valence-corrected chi connectivity index (χ4v) is 1.93. The minimum absolute atomic E-state index is 0.633. The van der Waals surface area contributed by atoms with Crippen molar-refractivity contribution in [3.05, 3.63) is 46.2 Å². The molecule has 0 fully saturated rings. The average molecular weight is 291 g/mol. The highest BCUT2D eigenvalue weighted by Gasteiger charge is 2.01. The number of nitrogens with zero attached hydrogens (tertiary/aromatic N) is 3. The number of nitriles is 1. The topological polar surface area (TPSA) is 53.6 Å². The predicted molar refractivity (Wildman–Crippen MR) is 69.4 cm³/mol. The summed E-state index contributed by atoms with van der Waals surface area (Å²) in [6.45, 7) is 0.666. The van der Waals surface area contributed by atoms with E-state index in [4.69, 9.17) is 5.26 Å². The molecule has 0 radical (unpaired) electrons. The molecule has 86 valence electrons. The zero-order chi connectivity index (χ0) is 12.3. The van der Waals surface area contributed by atoms with E-state index < -0.39 is 0 Å². The Morgan fingerprint density at radius 2 is 2.29 bits per heavy atom. The maximum Gasteiger partial charge on any atom is 0.100 e. The van der Waals surface area contributed by atoms with E-state index >= 15 is 0 Å². The Bertz CT molecular complexity index is 568. The van der Waals surface area contributed by atoms with Gasteiger partial charge in [-0.3, -0.25) is 4.68 Å². The standard InChI is InChI=1S/C12H11BrN4/c1-17-5-4-11(16-17)8-15-10-3-2-9(7-14)12(13)6-10/h2-6,15H,8H2,1H3. The van der Waals surface area contributed by atoms with Crippen LogP contribution in [0.3, 0.4) is 0 Å². The first-order valence-electron chi connectivity index (χ1n) is 5.11. The lowest BCUT2D eigenvalue weighted by molar-refractivity contribution is 0.747. The summed E-state index contributed by atoms with van der Waals surface area (Å²) in [7, 11) is 1.89. The number of hydrogen-bond donors (Lipinski definition) is 1. The fourth-order valence-electron chi connectivity index (χ4n) is 1.47. The van der Waals surface area contributed by atoms with Gasteiger partial charge in [-0.05, 0) is 40.2 Å². The summed E-state index contributed by atoms with van der Waals surface area (Å²) in [6, 6.07) is 9.63. The maximum atomic E-state index is 8.81. The van der Waals surface area contributed by atoms with Crippen LogP contribution in [-0.2, 0) is 13.6 Å². The number of nitrogens with one attached hydrogen (secondary N) is 1. The molecule has 1 aromatic heterocycles. The molecule has 0 aliphatic carbocycles. The first kappa shape index (κ1) is 11.7. The van der Waals surface area contributed by atoms with Crippen LogP contribution in [0.25, 0.3) is 0 Å². The van der Waals surface area contributed by atoms with Gasteiger partial charge in [0, 0.05) is 23.4 Å². The lowest BCUT2D eigenvalue weighted by Crippen LogP contribution is -2.01. The van der Waals surface area contributed by atoms with Crippen LogP contribution in [0.5, 0.6) is 0 Å². The molecule has 0 spiro atoms. The molecular formula is C12H11BrN4. The molecule has 0 aliphatic heterocycles. The van der Waals surface area contributed by atoms with Crippen LogP contribution in [0.2, 0.25) is 0 Å². The van der Waals surface area contributed by atoms with Gasteiger partial charge >= 0.3 is 0 Å². The minimum atomic E-state index is 0.633. The highest BCUT2D eigenvalue weighted by atomic mass is 79.9. The summed E-state index contributed by atoms with van der Waals surface area (Å²) in [4.78, 5) is 0. The average Bonchev–Trinajstić information content (AvgIpc) is 2.73. The molecular weight excluding hydrogens is 280 g/mol. The van der Waals surface area contributed by atoms with E-state index in [2.05, 4.69) is 32.4 Å². The maximum absolute atomic E-state index is 8.81. The second-order valence-electron chi connectivity index (χ2n) is 3.64. The zero-order valence-electron chi connectivity index (χ0n) is 9.31. The number of aromatic nitrogens is 2. The van der Waals surface area contributed by atoms with E-state index in [1.54, 1.807) is 10.7 Å². The van der Waals surface area contributed by atoms with Crippen molar-refractivity contribution < 1.29 is 0 Å². The molecule has 1 aromatic carbocycles. The quantitative estimate of drug-likeness (QED) is 0.946. The van der Waals surface area contributed by atoms with Crippen LogP contribution in [-0.4, -0.2) is 9.78 Å². The monoisotopic (exact) mass is 290 g/mol. The molecule has 0 bridgehead atoms. The van der Waals surface area contributed by atoms with Crippen molar-refractivity contribution in [3.8, 4) is 6.07 Å². The third-order valence-electron chi connectivity index (χ3n) is 2.33. The van der Waals surface area contributed by atoms with Crippen molar-refractivity contribution in [1.82, 2.24) is 9.78 Å². The van der Waals surface area contributed by atoms with Crippen molar-refractivity contribution in [2.24, 2.45) is 7.05 Å². The minimum Gasteiger partial charge on any atom is -0.379 e. The molecule has 4 nitrogen and oxygen atoms in total. The van der Waals surface area contributed by atoms with Crippen molar-refractivity contribution >= 4 is 21.6 Å². The van der Waals surface area contributed by atoms with Gasteiger partial charge < -0.3 is 5.32 Å². The van der Waals surface area contributed by atoms with E-state index in [0.717, 1.165) is 15.9 Å². The smallest absolute Gasteiger partial charge is 0.100 e. The molecule has 17 heavy (non-hydrogen) atoms. The normalized spacial score (nSPS) is 9.94. The van der Waals surface area contributed by atoms with Gasteiger partial charge in [-0.15, -0.1) is 0 Å². The Balaban J connectivity index is 2.05. The summed E-state index contributed by atoms with van der Waals surface area (Å²) >= 11 is 3.36. The fraction of sp³-hybridized carbons (Fsp3) is 0.167. The Labute approximate surface area is 108 Å². The van der Waals surface area contributed by atoms with Gasteiger partial charge in [-0.1, -0.05) is 0 Å². The zero-order valence-corrected chi connectivity index (χ0v) is 10.9. The number of anilines is 1. The van der Waals surface area contributed by atoms with Crippen molar-refractivity contribution in [1.29, 1.82) is 5.26 Å². The van der Waals surface area contributed by atoms with Crippen molar-refractivity contribution in [2.45, 2.75) is 6.54 Å². The summed E-state index contributed by atoms with van der Waals surface area (Å²) in [6.07, 6.45) is 1.91. The third-order valence-corrected chi connectivity index (χ3v) is 2.99. The number of aryl methyl sites for hydroxylation is 1. The molecule has 0 aliphatic rings. The van der Waals surface area contributed by atoms with Gasteiger partial charge in [0.25, 0.3) is 0 Å². The van der Waals surface area contributed by atoms with Gasteiger partial charge in [0.2, 0.25) is 0 Å². The molecule has 1 N–H and O–H groups in total. The highest BCUT2D eigenvalue weighted by Crippen LogP contribution is 2.21. The van der Waals surface area contributed by atoms with Crippen LogP contribution < -0.4 is 5.32 Å². The number of benzene rings is 1. The van der Waals surface area contributed by atoms with Gasteiger partial charge in [-0.25, -0.2) is 0 Å². The van der Waals surface area contributed by atoms with E-state index in [0.29, 0.717) is 12.1 Å². The van der Waals surface area contributed by atoms with Crippen molar-refractivity contribution in [2.75, 3.05) is 5.32 Å². The molecule has 5 heteroatoms. The van der Waals surface area contributed by atoms with Crippen LogP contribution in [0, 0.1) is 11.3 Å². The molecule has 0 amide bonds. The van der Waals surface area contributed by atoms with Gasteiger partial charge in [-0.2, -0.15) is 10.4 Å². The molecule has 2 rings (SSSR count). The lowest BCUT2D eigenvalue weighted by atomic mass is 10.2. The Morgan fingerprint density at radius 1 is 1.47 bits per heavy atom. The largest absolute Gasteiger partial charge is 0.379 e. The molecule has 2 aromatic rings. The predicted octanol–water partition coefficient (Wildman–Crippen LogP) is 2.67. The molecule has 0 saturated carbocycles. The Hall–Kier alpha value is -1.80. The second-order valence-corrected chi connectivity index (χ2v) is 4.50. The number of hydrogen-bond acceptors (Lipinski definition) is 3. The van der Waals surface area contributed by atoms with Crippen molar-refractivity contribution in [3.63, 3.8) is 0 Å². The highest BCUT2D eigenvalue weighted by molar-refractivity contribution is 9.10. The van der Waals surface area contributed by atoms with Crippen LogP contribution in [0.4, 0.5) is 5.69 Å². The summed E-state index contributed by atoms with van der Waals surface area (Å²) in [5.41, 5.74) is 2.57. The third kappa shape index (κ3) is 2.86. The lowest BCUT2D eigenvalue weighted by Gasteiger charge is -2.05. The number of halogens is 1. The molecule has 1 heterocycles. The summed E-state index contributed by atoms with van der Waals surface area (Å²) < 4.78 is 2.57. The van der Waals surface area contributed by atoms with Crippen LogP contribution in [0.15, 0.2) is 34.9 Å². The molecule has 0 saturated heterocycles. The van der Waals surface area contributed by atoms with E-state index in [9.17, 15) is 0 Å². The van der Waals surface area contributed by atoms with Gasteiger partial charge in [0.1, 0.15) is 6.07 Å². The number of rotatable bonds is 3. The molecule has 0 unspecified atom stereocenters.